The summed E-state index contributed by atoms with van der Waals surface area (Å²) in [7, 11) is 0. The number of phenolic OH excluding ortho intramolecular Hbond substituents is 1. The molecular weight excluding hydrogens is 222 g/mol. The molecule has 0 saturated heterocycles. The van der Waals surface area contributed by atoms with E-state index < -0.39 is 0 Å². The third-order valence-electron chi connectivity index (χ3n) is 2.48. The number of nitrogens with one attached hydrogen (secondary N) is 1. The number of nitrogens with zero attached hydrogens (tertiary/aromatic N) is 1. The van der Waals surface area contributed by atoms with E-state index in [1.54, 1.807) is 17.6 Å². The number of rotatable bonds is 1. The van der Waals surface area contributed by atoms with E-state index in [1.807, 2.05) is 12.1 Å². The van der Waals surface area contributed by atoms with Gasteiger partial charge in [0.1, 0.15) is 16.4 Å². The Hall–Kier alpha value is -2.01. The first-order chi connectivity index (χ1) is 7.75. The Morgan fingerprint density at radius 3 is 2.94 bits per heavy atom. The molecule has 0 unspecified atom stereocenters. The molecule has 0 saturated carbocycles. The summed E-state index contributed by atoms with van der Waals surface area (Å²) in [6.07, 6.45) is 0. The first-order valence-corrected chi connectivity index (χ1v) is 5.63. The molecule has 2 heterocycles. The number of aromatic hydroxyl groups is 1. The lowest BCUT2D eigenvalue weighted by molar-refractivity contribution is 0.480. The van der Waals surface area contributed by atoms with Crippen molar-refractivity contribution in [2.24, 2.45) is 0 Å². The topological polar surface area (TPSA) is 74.9 Å². The van der Waals surface area contributed by atoms with E-state index in [0.29, 0.717) is 10.5 Å². The van der Waals surface area contributed by atoms with Crippen LogP contribution in [0.15, 0.2) is 29.8 Å². The number of phenols is 1. The van der Waals surface area contributed by atoms with Gasteiger partial charge in [-0.05, 0) is 12.1 Å². The van der Waals surface area contributed by atoms with Gasteiger partial charge in [-0.3, -0.25) is 0 Å². The Bertz CT molecular complexity index is 656. The van der Waals surface area contributed by atoms with E-state index in [4.69, 9.17) is 5.73 Å². The van der Waals surface area contributed by atoms with E-state index in [9.17, 15) is 5.11 Å². The van der Waals surface area contributed by atoms with Gasteiger partial charge < -0.3 is 15.8 Å². The molecule has 4 N–H and O–H groups in total. The van der Waals surface area contributed by atoms with E-state index in [-0.39, 0.29) is 5.75 Å². The number of benzene rings is 1. The molecule has 0 aliphatic rings. The summed E-state index contributed by atoms with van der Waals surface area (Å²) in [5.74, 6) is 0.234. The number of anilines is 1. The van der Waals surface area contributed by atoms with Gasteiger partial charge in [0, 0.05) is 5.39 Å². The van der Waals surface area contributed by atoms with E-state index in [1.165, 1.54) is 11.3 Å². The molecule has 2 aromatic heterocycles. The Kier molecular flexibility index (Phi) is 1.87. The van der Waals surface area contributed by atoms with Gasteiger partial charge in [0.2, 0.25) is 0 Å². The molecular formula is C11H9N3OS. The Balaban J connectivity index is 2.27. The lowest BCUT2D eigenvalue weighted by Crippen LogP contribution is -1.85. The Labute approximate surface area is 95.4 Å². The number of hydrogen-bond donors (Lipinski definition) is 3. The standard InChI is InChI=1S/C11H9N3OS/c12-11-10(13-5-16-11)7-4-6-2-1-3-8(15)9(6)14-7/h1-5,14-15H,12H2. The van der Waals surface area contributed by atoms with Gasteiger partial charge in [0.15, 0.2) is 0 Å². The van der Waals surface area contributed by atoms with Crippen LogP contribution < -0.4 is 5.73 Å². The Morgan fingerprint density at radius 1 is 1.38 bits per heavy atom. The predicted molar refractivity (Wildman–Crippen MR) is 65.5 cm³/mol. The van der Waals surface area contributed by atoms with Crippen LogP contribution in [0.1, 0.15) is 0 Å². The minimum absolute atomic E-state index is 0.234. The van der Waals surface area contributed by atoms with Crippen LogP contribution in [-0.2, 0) is 0 Å². The number of para-hydroxylation sites is 1. The maximum absolute atomic E-state index is 9.67. The first-order valence-electron chi connectivity index (χ1n) is 4.76. The lowest BCUT2D eigenvalue weighted by Gasteiger charge is -1.93. The van der Waals surface area contributed by atoms with Crippen LogP contribution in [0.25, 0.3) is 22.3 Å². The van der Waals surface area contributed by atoms with Crippen molar-refractivity contribution in [1.29, 1.82) is 0 Å². The predicted octanol–water partition coefficient (Wildman–Crippen LogP) is 2.58. The normalized spacial score (nSPS) is 11.0. The summed E-state index contributed by atoms with van der Waals surface area (Å²) in [6.45, 7) is 0. The third-order valence-corrected chi connectivity index (χ3v) is 3.14. The average molecular weight is 231 g/mol. The minimum Gasteiger partial charge on any atom is -0.506 e. The number of aromatic amines is 1. The molecule has 4 nitrogen and oxygen atoms in total. The number of hydrogen-bond acceptors (Lipinski definition) is 4. The van der Waals surface area contributed by atoms with Crippen LogP contribution >= 0.6 is 11.3 Å². The highest BCUT2D eigenvalue weighted by Crippen LogP contribution is 2.32. The largest absolute Gasteiger partial charge is 0.506 e. The molecule has 0 aliphatic heterocycles. The second-order valence-corrected chi connectivity index (χ2v) is 4.38. The van der Waals surface area contributed by atoms with E-state index in [2.05, 4.69) is 9.97 Å². The molecule has 0 radical (unpaired) electrons. The van der Waals surface area contributed by atoms with Crippen molar-refractivity contribution in [3.05, 3.63) is 29.8 Å². The van der Waals surface area contributed by atoms with Crippen LogP contribution in [-0.4, -0.2) is 15.1 Å². The highest BCUT2D eigenvalue weighted by Gasteiger charge is 2.10. The quantitative estimate of drug-likeness (QED) is 0.602. The van der Waals surface area contributed by atoms with Gasteiger partial charge in [0.05, 0.1) is 16.7 Å². The van der Waals surface area contributed by atoms with Crippen LogP contribution in [0.4, 0.5) is 5.00 Å². The molecule has 0 spiro atoms. The molecule has 3 aromatic rings. The van der Waals surface area contributed by atoms with Crippen molar-refractivity contribution in [1.82, 2.24) is 9.97 Å². The smallest absolute Gasteiger partial charge is 0.139 e. The fourth-order valence-corrected chi connectivity index (χ4v) is 2.27. The van der Waals surface area contributed by atoms with Crippen molar-refractivity contribution in [3.63, 3.8) is 0 Å². The highest BCUT2D eigenvalue weighted by atomic mass is 32.1. The maximum Gasteiger partial charge on any atom is 0.139 e. The second-order valence-electron chi connectivity index (χ2n) is 3.49. The van der Waals surface area contributed by atoms with Gasteiger partial charge in [-0.1, -0.05) is 12.1 Å². The highest BCUT2D eigenvalue weighted by molar-refractivity contribution is 7.14. The van der Waals surface area contributed by atoms with Gasteiger partial charge >= 0.3 is 0 Å². The van der Waals surface area contributed by atoms with Crippen molar-refractivity contribution < 1.29 is 5.11 Å². The molecule has 0 atom stereocenters. The fourth-order valence-electron chi connectivity index (χ4n) is 1.73. The number of aromatic nitrogens is 2. The molecule has 80 valence electrons. The molecule has 0 aliphatic carbocycles. The number of thiazole rings is 1. The van der Waals surface area contributed by atoms with Crippen LogP contribution in [0.5, 0.6) is 5.75 Å². The molecule has 0 bridgehead atoms. The van der Waals surface area contributed by atoms with Crippen LogP contribution in [0.3, 0.4) is 0 Å². The number of fused-ring (bicyclic) bond motifs is 1. The fraction of sp³-hybridized carbons (Fsp3) is 0. The number of H-pyrrole nitrogens is 1. The SMILES string of the molecule is Nc1scnc1-c1cc2cccc(O)c2[nH]1. The van der Waals surface area contributed by atoms with E-state index >= 15 is 0 Å². The van der Waals surface area contributed by atoms with Crippen molar-refractivity contribution >= 4 is 27.2 Å². The summed E-state index contributed by atoms with van der Waals surface area (Å²) >= 11 is 1.40. The summed E-state index contributed by atoms with van der Waals surface area (Å²) in [5, 5.41) is 11.3. The lowest BCUT2D eigenvalue weighted by atomic mass is 10.2. The number of nitrogens with two attached hydrogens (primary N) is 1. The average Bonchev–Trinajstić information content (AvgIpc) is 2.84. The van der Waals surface area contributed by atoms with Crippen molar-refractivity contribution in [3.8, 4) is 17.1 Å². The zero-order valence-corrected chi connectivity index (χ0v) is 9.08. The second kappa shape index (κ2) is 3.24. The summed E-state index contributed by atoms with van der Waals surface area (Å²) in [5.41, 5.74) is 9.79. The number of nitrogen functional groups attached to an aromatic ring is 1. The van der Waals surface area contributed by atoms with Crippen molar-refractivity contribution in [2.75, 3.05) is 5.73 Å². The third kappa shape index (κ3) is 1.25. The first kappa shape index (κ1) is 9.23. The zero-order chi connectivity index (χ0) is 11.1. The summed E-state index contributed by atoms with van der Waals surface area (Å²) in [6, 6.07) is 7.31. The molecule has 3 rings (SSSR count). The minimum atomic E-state index is 0.234. The van der Waals surface area contributed by atoms with Gasteiger partial charge in [-0.15, -0.1) is 11.3 Å². The van der Waals surface area contributed by atoms with E-state index in [0.717, 1.165) is 16.8 Å². The van der Waals surface area contributed by atoms with Gasteiger partial charge in [-0.2, -0.15) is 0 Å². The molecule has 16 heavy (non-hydrogen) atoms. The summed E-state index contributed by atoms with van der Waals surface area (Å²) in [4.78, 5) is 7.31. The maximum atomic E-state index is 9.67. The molecule has 0 amide bonds. The monoisotopic (exact) mass is 231 g/mol. The zero-order valence-electron chi connectivity index (χ0n) is 8.27. The Morgan fingerprint density at radius 2 is 2.25 bits per heavy atom. The van der Waals surface area contributed by atoms with Crippen molar-refractivity contribution in [2.45, 2.75) is 0 Å². The van der Waals surface area contributed by atoms with Crippen LogP contribution in [0.2, 0.25) is 0 Å². The molecule has 0 fully saturated rings. The summed E-state index contributed by atoms with van der Waals surface area (Å²) < 4.78 is 0. The van der Waals surface area contributed by atoms with Gasteiger partial charge in [0.25, 0.3) is 0 Å². The molecule has 5 heteroatoms. The van der Waals surface area contributed by atoms with Gasteiger partial charge in [-0.25, -0.2) is 4.98 Å². The molecule has 1 aromatic carbocycles. The van der Waals surface area contributed by atoms with Crippen LogP contribution in [0, 0.1) is 0 Å².